The lowest BCUT2D eigenvalue weighted by molar-refractivity contribution is 0.145. The summed E-state index contributed by atoms with van der Waals surface area (Å²) in [7, 11) is 2.21. The van der Waals surface area contributed by atoms with Gasteiger partial charge in [0.1, 0.15) is 0 Å². The Hall–Kier alpha value is -1.16. The molecule has 0 amide bonds. The Labute approximate surface area is 129 Å². The van der Waals surface area contributed by atoms with Crippen LogP contribution in [0.15, 0.2) is 35.9 Å². The second-order valence-corrected chi connectivity index (χ2v) is 6.29. The van der Waals surface area contributed by atoms with Crippen molar-refractivity contribution in [1.29, 1.82) is 0 Å². The molecule has 0 saturated carbocycles. The van der Waals surface area contributed by atoms with Crippen LogP contribution in [-0.2, 0) is 0 Å². The molecular formula is C18H29N3. The summed E-state index contributed by atoms with van der Waals surface area (Å²) in [5, 5.41) is 3.64. The molecule has 1 aromatic carbocycles. The first-order valence-corrected chi connectivity index (χ1v) is 8.00. The van der Waals surface area contributed by atoms with E-state index in [0.29, 0.717) is 6.04 Å². The monoisotopic (exact) mass is 287 g/mol. The maximum absolute atomic E-state index is 3.64. The highest BCUT2D eigenvalue weighted by Crippen LogP contribution is 2.06. The predicted molar refractivity (Wildman–Crippen MR) is 91.5 cm³/mol. The highest BCUT2D eigenvalue weighted by Gasteiger charge is 2.15. The SMILES string of the molecule is C/C(=C\c1ccccc1)CNC(C)CN1CCN(C)CC1. The zero-order valence-corrected chi connectivity index (χ0v) is 13.7. The van der Waals surface area contributed by atoms with E-state index in [1.165, 1.54) is 37.3 Å². The van der Waals surface area contributed by atoms with Crippen molar-refractivity contribution in [3.8, 4) is 0 Å². The standard InChI is InChI=1S/C18H29N3/c1-16(13-18-7-5-4-6-8-18)14-19-17(2)15-21-11-9-20(3)10-12-21/h4-8,13,17,19H,9-12,14-15H2,1-3H3/b16-13+. The van der Waals surface area contributed by atoms with E-state index in [4.69, 9.17) is 0 Å². The van der Waals surface area contributed by atoms with Gasteiger partial charge in [-0.05, 0) is 26.5 Å². The molecule has 3 nitrogen and oxygen atoms in total. The van der Waals surface area contributed by atoms with Crippen molar-refractivity contribution < 1.29 is 0 Å². The smallest absolute Gasteiger partial charge is 0.0169 e. The molecular weight excluding hydrogens is 258 g/mol. The quantitative estimate of drug-likeness (QED) is 0.866. The van der Waals surface area contributed by atoms with Crippen LogP contribution in [0.5, 0.6) is 0 Å². The first-order valence-electron chi connectivity index (χ1n) is 8.00. The molecule has 1 saturated heterocycles. The van der Waals surface area contributed by atoms with Crippen LogP contribution < -0.4 is 5.32 Å². The molecule has 116 valence electrons. The van der Waals surface area contributed by atoms with Crippen LogP contribution in [0, 0.1) is 0 Å². The lowest BCUT2D eigenvalue weighted by Gasteiger charge is -2.34. The maximum atomic E-state index is 3.64. The van der Waals surface area contributed by atoms with Gasteiger partial charge in [0, 0.05) is 45.3 Å². The summed E-state index contributed by atoms with van der Waals surface area (Å²) >= 11 is 0. The van der Waals surface area contributed by atoms with Gasteiger partial charge >= 0.3 is 0 Å². The van der Waals surface area contributed by atoms with E-state index in [-0.39, 0.29) is 0 Å². The van der Waals surface area contributed by atoms with Crippen molar-refractivity contribution >= 4 is 6.08 Å². The highest BCUT2D eigenvalue weighted by atomic mass is 15.3. The summed E-state index contributed by atoms with van der Waals surface area (Å²) in [4.78, 5) is 4.97. The summed E-state index contributed by atoms with van der Waals surface area (Å²) < 4.78 is 0. The summed E-state index contributed by atoms with van der Waals surface area (Å²) in [5.41, 5.74) is 2.66. The van der Waals surface area contributed by atoms with Crippen molar-refractivity contribution in [2.45, 2.75) is 19.9 Å². The average Bonchev–Trinajstić information content (AvgIpc) is 2.49. The van der Waals surface area contributed by atoms with Crippen LogP contribution in [0.3, 0.4) is 0 Å². The number of piperazine rings is 1. The number of hydrogen-bond donors (Lipinski definition) is 1. The van der Waals surface area contributed by atoms with Crippen LogP contribution in [0.1, 0.15) is 19.4 Å². The molecule has 1 heterocycles. The molecule has 1 aromatic rings. The number of rotatable bonds is 6. The Bertz CT molecular complexity index is 433. The second kappa shape index (κ2) is 8.32. The number of nitrogens with one attached hydrogen (secondary N) is 1. The normalized spacial score (nSPS) is 19.7. The summed E-state index contributed by atoms with van der Waals surface area (Å²) in [6, 6.07) is 11.1. The minimum Gasteiger partial charge on any atom is -0.309 e. The third-order valence-corrected chi connectivity index (χ3v) is 4.07. The molecule has 0 radical (unpaired) electrons. The molecule has 1 aliphatic rings. The first-order chi connectivity index (χ1) is 10.1. The van der Waals surface area contributed by atoms with Crippen molar-refractivity contribution in [3.05, 3.63) is 41.5 Å². The van der Waals surface area contributed by atoms with E-state index in [9.17, 15) is 0 Å². The molecule has 1 N–H and O–H groups in total. The number of benzene rings is 1. The minimum absolute atomic E-state index is 0.535. The zero-order chi connectivity index (χ0) is 15.1. The summed E-state index contributed by atoms with van der Waals surface area (Å²) in [6.45, 7) is 11.4. The fourth-order valence-electron chi connectivity index (χ4n) is 2.70. The van der Waals surface area contributed by atoms with Crippen molar-refractivity contribution in [1.82, 2.24) is 15.1 Å². The Kier molecular flexibility index (Phi) is 6.43. The maximum Gasteiger partial charge on any atom is 0.0169 e. The Balaban J connectivity index is 1.71. The van der Waals surface area contributed by atoms with Crippen molar-refractivity contribution in [3.63, 3.8) is 0 Å². The van der Waals surface area contributed by atoms with Gasteiger partial charge in [-0.25, -0.2) is 0 Å². The largest absolute Gasteiger partial charge is 0.309 e. The third-order valence-electron chi connectivity index (χ3n) is 4.07. The number of hydrogen-bond acceptors (Lipinski definition) is 3. The molecule has 0 aliphatic carbocycles. The van der Waals surface area contributed by atoms with E-state index >= 15 is 0 Å². The van der Waals surface area contributed by atoms with E-state index in [1.54, 1.807) is 0 Å². The van der Waals surface area contributed by atoms with Gasteiger partial charge in [-0.1, -0.05) is 42.0 Å². The van der Waals surface area contributed by atoms with Gasteiger partial charge in [0.05, 0.1) is 0 Å². The molecule has 2 rings (SSSR count). The van der Waals surface area contributed by atoms with E-state index in [1.807, 2.05) is 0 Å². The second-order valence-electron chi connectivity index (χ2n) is 6.29. The molecule has 3 heteroatoms. The van der Waals surface area contributed by atoms with Gasteiger partial charge in [-0.3, -0.25) is 4.90 Å². The van der Waals surface area contributed by atoms with E-state index in [0.717, 1.165) is 13.1 Å². The van der Waals surface area contributed by atoms with Crippen molar-refractivity contribution in [2.75, 3.05) is 46.3 Å². The minimum atomic E-state index is 0.535. The molecule has 1 fully saturated rings. The van der Waals surface area contributed by atoms with Gasteiger partial charge in [-0.2, -0.15) is 0 Å². The lowest BCUT2D eigenvalue weighted by atomic mass is 10.1. The highest BCUT2D eigenvalue weighted by molar-refractivity contribution is 5.52. The fourth-order valence-corrected chi connectivity index (χ4v) is 2.70. The van der Waals surface area contributed by atoms with Crippen LogP contribution >= 0.6 is 0 Å². The Morgan fingerprint density at radius 3 is 2.52 bits per heavy atom. The predicted octanol–water partition coefficient (Wildman–Crippen LogP) is 2.32. The fraction of sp³-hybridized carbons (Fsp3) is 0.556. The van der Waals surface area contributed by atoms with Gasteiger partial charge < -0.3 is 10.2 Å². The lowest BCUT2D eigenvalue weighted by Crippen LogP contribution is -2.49. The van der Waals surface area contributed by atoms with E-state index in [2.05, 4.69) is 72.4 Å². The van der Waals surface area contributed by atoms with Crippen LogP contribution in [0.2, 0.25) is 0 Å². The molecule has 21 heavy (non-hydrogen) atoms. The first kappa shape index (κ1) is 16.2. The van der Waals surface area contributed by atoms with Gasteiger partial charge in [-0.15, -0.1) is 0 Å². The van der Waals surface area contributed by atoms with Crippen LogP contribution in [0.25, 0.3) is 6.08 Å². The van der Waals surface area contributed by atoms with Gasteiger partial charge in [0.2, 0.25) is 0 Å². The Morgan fingerprint density at radius 2 is 1.86 bits per heavy atom. The van der Waals surface area contributed by atoms with Gasteiger partial charge in [0.15, 0.2) is 0 Å². The van der Waals surface area contributed by atoms with E-state index < -0.39 is 0 Å². The molecule has 0 spiro atoms. The van der Waals surface area contributed by atoms with Crippen LogP contribution in [-0.4, -0.2) is 62.2 Å². The van der Waals surface area contributed by atoms with Gasteiger partial charge in [0.25, 0.3) is 0 Å². The molecule has 1 atom stereocenters. The Morgan fingerprint density at radius 1 is 1.19 bits per heavy atom. The molecule has 0 bridgehead atoms. The molecule has 1 unspecified atom stereocenters. The van der Waals surface area contributed by atoms with Crippen molar-refractivity contribution in [2.24, 2.45) is 0 Å². The average molecular weight is 287 g/mol. The van der Waals surface area contributed by atoms with Crippen LogP contribution in [0.4, 0.5) is 0 Å². The topological polar surface area (TPSA) is 18.5 Å². The number of likely N-dealkylation sites (N-methyl/N-ethyl adjacent to an activating group) is 1. The summed E-state index contributed by atoms with van der Waals surface area (Å²) in [5.74, 6) is 0. The molecule has 0 aromatic heterocycles. The number of nitrogens with zero attached hydrogens (tertiary/aromatic N) is 2. The molecule has 1 aliphatic heterocycles. The summed E-state index contributed by atoms with van der Waals surface area (Å²) in [6.07, 6.45) is 2.26. The third kappa shape index (κ3) is 6.00. The zero-order valence-electron chi connectivity index (χ0n) is 13.7.